The number of sulfonamides is 1. The Labute approximate surface area is 186 Å². The molecular weight excluding hydrogens is 440 g/mol. The van der Waals surface area contributed by atoms with Gasteiger partial charge >= 0.3 is 0 Å². The summed E-state index contributed by atoms with van der Waals surface area (Å²) < 4.78 is 27.7. The number of piperidine rings is 1. The number of benzene rings is 1. The van der Waals surface area contributed by atoms with Crippen LogP contribution in [0.15, 0.2) is 34.7 Å². The highest BCUT2D eigenvalue weighted by molar-refractivity contribution is 8.01. The molecule has 1 aliphatic heterocycles. The van der Waals surface area contributed by atoms with Gasteiger partial charge in [-0.3, -0.25) is 4.79 Å². The summed E-state index contributed by atoms with van der Waals surface area (Å²) in [4.78, 5) is 12.5. The molecule has 7 nitrogen and oxygen atoms in total. The fraction of sp³-hybridized carbons (Fsp3) is 0.550. The van der Waals surface area contributed by atoms with Crippen molar-refractivity contribution in [1.29, 1.82) is 0 Å². The van der Waals surface area contributed by atoms with Crippen LogP contribution in [-0.2, 0) is 21.2 Å². The maximum absolute atomic E-state index is 12.6. The molecule has 0 spiro atoms. The molecule has 0 aliphatic carbocycles. The molecule has 0 radical (unpaired) electrons. The zero-order valence-electron chi connectivity index (χ0n) is 17.1. The minimum Gasteiger partial charge on any atom is -0.300 e. The lowest BCUT2D eigenvalue weighted by Crippen LogP contribution is -2.42. The number of anilines is 1. The van der Waals surface area contributed by atoms with E-state index in [1.165, 1.54) is 15.6 Å². The maximum Gasteiger partial charge on any atom is 0.229 e. The Balaban J connectivity index is 1.42. The minimum atomic E-state index is -3.29. The van der Waals surface area contributed by atoms with Crippen molar-refractivity contribution in [2.75, 3.05) is 29.9 Å². The normalized spacial score (nSPS) is 15.9. The predicted octanol–water partition coefficient (Wildman–Crippen LogP) is 3.65. The topological polar surface area (TPSA) is 92.3 Å². The van der Waals surface area contributed by atoms with E-state index in [0.29, 0.717) is 37.5 Å². The fourth-order valence-corrected chi connectivity index (χ4v) is 6.56. The number of hydrogen-bond acceptors (Lipinski definition) is 7. The summed E-state index contributed by atoms with van der Waals surface area (Å²) in [7, 11) is -3.29. The Morgan fingerprint density at radius 2 is 1.97 bits per heavy atom. The molecular formula is C20H28N4O3S3. The quantitative estimate of drug-likeness (QED) is 0.423. The molecule has 2 aromatic rings. The summed E-state index contributed by atoms with van der Waals surface area (Å²) in [5, 5.41) is 11.5. The number of hydrogen-bond donors (Lipinski definition) is 1. The first kappa shape index (κ1) is 23.2. The molecule has 2 heterocycles. The Kier molecular flexibility index (Phi) is 8.67. The van der Waals surface area contributed by atoms with E-state index in [0.717, 1.165) is 28.5 Å². The van der Waals surface area contributed by atoms with Gasteiger partial charge in [-0.05, 0) is 37.7 Å². The van der Waals surface area contributed by atoms with Crippen molar-refractivity contribution in [2.24, 2.45) is 5.92 Å². The van der Waals surface area contributed by atoms with Crippen LogP contribution < -0.4 is 5.32 Å². The van der Waals surface area contributed by atoms with Crippen LogP contribution in [-0.4, -0.2) is 53.4 Å². The van der Waals surface area contributed by atoms with Crippen LogP contribution in [0.2, 0.25) is 0 Å². The molecule has 164 valence electrons. The zero-order valence-corrected chi connectivity index (χ0v) is 19.6. The molecule has 0 atom stereocenters. The van der Waals surface area contributed by atoms with Gasteiger partial charge in [0.25, 0.3) is 0 Å². The number of aromatic nitrogens is 2. The second-order valence-corrected chi connectivity index (χ2v) is 11.7. The van der Waals surface area contributed by atoms with Gasteiger partial charge in [0.15, 0.2) is 4.34 Å². The van der Waals surface area contributed by atoms with Gasteiger partial charge in [0, 0.05) is 24.8 Å². The van der Waals surface area contributed by atoms with Gasteiger partial charge in [-0.2, -0.15) is 0 Å². The zero-order chi connectivity index (χ0) is 21.4. The molecule has 0 bridgehead atoms. The van der Waals surface area contributed by atoms with Gasteiger partial charge in [-0.1, -0.05) is 60.4 Å². The molecule has 1 fully saturated rings. The van der Waals surface area contributed by atoms with Gasteiger partial charge in [0.1, 0.15) is 0 Å². The Bertz CT molecular complexity index is 910. The summed E-state index contributed by atoms with van der Waals surface area (Å²) >= 11 is 3.01. The van der Waals surface area contributed by atoms with Crippen molar-refractivity contribution < 1.29 is 13.2 Å². The predicted molar refractivity (Wildman–Crippen MR) is 122 cm³/mol. The van der Waals surface area contributed by atoms with Crippen molar-refractivity contribution >= 4 is 44.2 Å². The molecule has 10 heteroatoms. The van der Waals surface area contributed by atoms with Crippen molar-refractivity contribution in [1.82, 2.24) is 14.5 Å². The van der Waals surface area contributed by atoms with E-state index in [1.807, 2.05) is 30.3 Å². The first-order chi connectivity index (χ1) is 14.5. The Morgan fingerprint density at radius 3 is 2.67 bits per heavy atom. The second kappa shape index (κ2) is 11.2. The number of carbonyl (C=O) groups is 1. The second-order valence-electron chi connectivity index (χ2n) is 7.29. The smallest absolute Gasteiger partial charge is 0.229 e. The number of carbonyl (C=O) groups excluding carboxylic acids is 1. The summed E-state index contributed by atoms with van der Waals surface area (Å²) in [6.07, 6.45) is 3.46. The van der Waals surface area contributed by atoms with Crippen LogP contribution in [0, 0.1) is 5.92 Å². The Hall–Kier alpha value is -1.49. The van der Waals surface area contributed by atoms with Gasteiger partial charge in [-0.25, -0.2) is 12.7 Å². The van der Waals surface area contributed by atoms with E-state index >= 15 is 0 Å². The highest BCUT2D eigenvalue weighted by Gasteiger charge is 2.31. The lowest BCUT2D eigenvalue weighted by atomic mass is 9.97. The molecule has 1 aromatic heterocycles. The van der Waals surface area contributed by atoms with Crippen LogP contribution in [0.1, 0.15) is 38.2 Å². The van der Waals surface area contributed by atoms with Gasteiger partial charge in [-0.15, -0.1) is 10.2 Å². The number of rotatable bonds is 10. The number of amides is 1. The highest BCUT2D eigenvalue weighted by Crippen LogP contribution is 2.27. The van der Waals surface area contributed by atoms with Crippen LogP contribution in [0.3, 0.4) is 0 Å². The average molecular weight is 469 g/mol. The third-order valence-electron chi connectivity index (χ3n) is 4.99. The van der Waals surface area contributed by atoms with E-state index in [4.69, 9.17) is 0 Å². The van der Waals surface area contributed by atoms with Crippen molar-refractivity contribution in [3.63, 3.8) is 0 Å². The van der Waals surface area contributed by atoms with E-state index < -0.39 is 10.0 Å². The largest absolute Gasteiger partial charge is 0.300 e. The first-order valence-corrected chi connectivity index (χ1v) is 13.7. The number of nitrogens with zero attached hydrogens (tertiary/aromatic N) is 3. The van der Waals surface area contributed by atoms with Crippen molar-refractivity contribution in [3.05, 3.63) is 35.9 Å². The van der Waals surface area contributed by atoms with Crippen LogP contribution in [0.5, 0.6) is 0 Å². The summed E-state index contributed by atoms with van der Waals surface area (Å²) in [5.74, 6) is 0.818. The minimum absolute atomic E-state index is 0.0979. The molecule has 0 unspecified atom stereocenters. The van der Waals surface area contributed by atoms with E-state index in [2.05, 4.69) is 22.4 Å². The fourth-order valence-electron chi connectivity index (χ4n) is 3.34. The molecule has 1 aliphatic rings. The van der Waals surface area contributed by atoms with Crippen LogP contribution >= 0.6 is 23.1 Å². The third kappa shape index (κ3) is 6.76. The summed E-state index contributed by atoms with van der Waals surface area (Å²) in [6.45, 7) is 2.88. The Morgan fingerprint density at radius 1 is 1.23 bits per heavy atom. The SMILES string of the molecule is CCCSc1nnc(NC(=O)C2CCN(S(=O)(=O)CCCc3ccccc3)CC2)s1. The third-order valence-corrected chi connectivity index (χ3v) is 9.13. The van der Waals surface area contributed by atoms with Crippen molar-refractivity contribution in [3.8, 4) is 0 Å². The monoisotopic (exact) mass is 468 g/mol. The van der Waals surface area contributed by atoms with Gasteiger partial charge in [0.2, 0.25) is 21.1 Å². The highest BCUT2D eigenvalue weighted by atomic mass is 32.2. The van der Waals surface area contributed by atoms with Gasteiger partial charge < -0.3 is 5.32 Å². The molecule has 1 amide bonds. The average Bonchev–Trinajstić information content (AvgIpc) is 3.20. The molecule has 1 aromatic carbocycles. The van der Waals surface area contributed by atoms with E-state index in [9.17, 15) is 13.2 Å². The number of nitrogens with one attached hydrogen (secondary N) is 1. The summed E-state index contributed by atoms with van der Waals surface area (Å²) in [5.41, 5.74) is 1.15. The molecule has 30 heavy (non-hydrogen) atoms. The lowest BCUT2D eigenvalue weighted by Gasteiger charge is -2.30. The van der Waals surface area contributed by atoms with Crippen molar-refractivity contribution in [2.45, 2.75) is 43.4 Å². The molecule has 0 saturated carbocycles. The number of aryl methyl sites for hydroxylation is 1. The summed E-state index contributed by atoms with van der Waals surface area (Å²) in [6, 6.07) is 9.91. The molecule has 1 saturated heterocycles. The van der Waals surface area contributed by atoms with Gasteiger partial charge in [0.05, 0.1) is 5.75 Å². The standard InChI is InChI=1S/C20H28N4O3S3/c1-2-14-28-20-23-22-19(29-20)21-18(25)17-10-12-24(13-11-17)30(26,27)15-6-9-16-7-4-3-5-8-16/h3-5,7-8,17H,2,6,9-15H2,1H3,(H,21,22,25). The molecule has 3 rings (SSSR count). The van der Waals surface area contributed by atoms with E-state index in [1.54, 1.807) is 11.8 Å². The maximum atomic E-state index is 12.6. The first-order valence-electron chi connectivity index (χ1n) is 10.3. The number of thioether (sulfide) groups is 1. The lowest BCUT2D eigenvalue weighted by molar-refractivity contribution is -0.120. The van der Waals surface area contributed by atoms with E-state index in [-0.39, 0.29) is 17.6 Å². The molecule has 1 N–H and O–H groups in total. The van der Waals surface area contributed by atoms with Crippen LogP contribution in [0.4, 0.5) is 5.13 Å². The van der Waals surface area contributed by atoms with Crippen LogP contribution in [0.25, 0.3) is 0 Å².